The fourth-order valence-electron chi connectivity index (χ4n) is 3.51. The van der Waals surface area contributed by atoms with E-state index in [1.54, 1.807) is 23.8 Å². The summed E-state index contributed by atoms with van der Waals surface area (Å²) in [7, 11) is 0. The summed E-state index contributed by atoms with van der Waals surface area (Å²) in [6.07, 6.45) is 9.49. The molecule has 3 heterocycles. The average molecular weight is 477 g/mol. The maximum absolute atomic E-state index is 12.6. The van der Waals surface area contributed by atoms with Crippen molar-refractivity contribution in [1.82, 2.24) is 24.7 Å². The predicted octanol–water partition coefficient (Wildman–Crippen LogP) is 4.33. The van der Waals surface area contributed by atoms with E-state index in [0.29, 0.717) is 32.9 Å². The second kappa shape index (κ2) is 9.10. The second-order valence-corrected chi connectivity index (χ2v) is 8.90. The Labute approximate surface area is 180 Å². The van der Waals surface area contributed by atoms with Crippen LogP contribution in [-0.4, -0.2) is 43.4 Å². The van der Waals surface area contributed by atoms with Gasteiger partial charge in [-0.15, -0.1) is 11.3 Å². The standard InChI is InChI=1S/C19H21BrN6O2S/c1-2-28-13-6-4-12(5-7-13)26-10-14(16(25-26)17-21-8-3-9-22-17)23-18(27)15-11-29-19(20)24-15/h3,8-13H,2,4-7H2,1H3,(H,23,27)/t12-,13-. The molecule has 152 valence electrons. The summed E-state index contributed by atoms with van der Waals surface area (Å²) in [4.78, 5) is 25.4. The molecule has 0 radical (unpaired) electrons. The van der Waals surface area contributed by atoms with Crippen LogP contribution in [-0.2, 0) is 4.74 Å². The normalized spacial score (nSPS) is 19.2. The van der Waals surface area contributed by atoms with Crippen molar-refractivity contribution < 1.29 is 9.53 Å². The third kappa shape index (κ3) is 4.71. The molecule has 10 heteroatoms. The van der Waals surface area contributed by atoms with Gasteiger partial charge in [0.15, 0.2) is 15.4 Å². The molecule has 3 aromatic heterocycles. The number of thiazole rings is 1. The summed E-state index contributed by atoms with van der Waals surface area (Å²) in [5.74, 6) is 0.188. The number of aromatic nitrogens is 5. The van der Waals surface area contributed by atoms with Gasteiger partial charge in [0, 0.05) is 30.6 Å². The van der Waals surface area contributed by atoms with E-state index in [-0.39, 0.29) is 11.9 Å². The predicted molar refractivity (Wildman–Crippen MR) is 114 cm³/mol. The quantitative estimate of drug-likeness (QED) is 0.568. The van der Waals surface area contributed by atoms with Gasteiger partial charge >= 0.3 is 0 Å². The fourth-order valence-corrected chi connectivity index (χ4v) is 4.50. The van der Waals surface area contributed by atoms with Crippen LogP contribution in [0.2, 0.25) is 0 Å². The first-order valence-corrected chi connectivity index (χ1v) is 11.2. The summed E-state index contributed by atoms with van der Waals surface area (Å²) in [5.41, 5.74) is 1.49. The first-order chi connectivity index (χ1) is 14.1. The van der Waals surface area contributed by atoms with Crippen LogP contribution in [0.15, 0.2) is 34.0 Å². The van der Waals surface area contributed by atoms with Crippen molar-refractivity contribution in [2.75, 3.05) is 11.9 Å². The Kier molecular flexibility index (Phi) is 6.31. The molecule has 1 saturated carbocycles. The molecule has 29 heavy (non-hydrogen) atoms. The smallest absolute Gasteiger partial charge is 0.275 e. The Hall–Kier alpha value is -2.17. The number of halogens is 1. The zero-order valence-electron chi connectivity index (χ0n) is 15.9. The molecule has 0 spiro atoms. The van der Waals surface area contributed by atoms with Crippen LogP contribution in [0.3, 0.4) is 0 Å². The Bertz CT molecular complexity index is 968. The lowest BCUT2D eigenvalue weighted by molar-refractivity contribution is 0.0260. The number of ether oxygens (including phenoxy) is 1. The Morgan fingerprint density at radius 3 is 2.72 bits per heavy atom. The highest BCUT2D eigenvalue weighted by Crippen LogP contribution is 2.33. The van der Waals surface area contributed by atoms with Gasteiger partial charge in [-0.3, -0.25) is 9.48 Å². The van der Waals surface area contributed by atoms with Crippen molar-refractivity contribution in [3.05, 3.63) is 39.6 Å². The first kappa shape index (κ1) is 20.1. The van der Waals surface area contributed by atoms with Gasteiger partial charge in [-0.2, -0.15) is 5.10 Å². The number of hydrogen-bond donors (Lipinski definition) is 1. The molecule has 0 saturated heterocycles. The third-order valence-electron chi connectivity index (χ3n) is 4.89. The van der Waals surface area contributed by atoms with Gasteiger partial charge in [0.05, 0.1) is 17.8 Å². The number of carbonyl (C=O) groups excluding carboxylic acids is 1. The number of rotatable bonds is 6. The molecule has 1 fully saturated rings. The second-order valence-electron chi connectivity index (χ2n) is 6.77. The minimum Gasteiger partial charge on any atom is -0.379 e. The minimum absolute atomic E-state index is 0.258. The molecule has 1 amide bonds. The highest BCUT2D eigenvalue weighted by molar-refractivity contribution is 9.11. The summed E-state index contributed by atoms with van der Waals surface area (Å²) in [6.45, 7) is 2.77. The van der Waals surface area contributed by atoms with Crippen LogP contribution in [0.1, 0.15) is 49.1 Å². The number of amides is 1. The Balaban J connectivity index is 1.59. The van der Waals surface area contributed by atoms with Gasteiger partial charge in [-0.25, -0.2) is 15.0 Å². The summed E-state index contributed by atoms with van der Waals surface area (Å²) in [6, 6.07) is 2.01. The van der Waals surface area contributed by atoms with Gasteiger partial charge in [-0.05, 0) is 54.6 Å². The number of nitrogens with zero attached hydrogens (tertiary/aromatic N) is 5. The Morgan fingerprint density at radius 1 is 1.31 bits per heavy atom. The third-order valence-corrected chi connectivity index (χ3v) is 6.25. The highest BCUT2D eigenvalue weighted by Gasteiger charge is 2.26. The van der Waals surface area contributed by atoms with Crippen LogP contribution in [0.5, 0.6) is 0 Å². The van der Waals surface area contributed by atoms with Crippen LogP contribution in [0.4, 0.5) is 5.69 Å². The van der Waals surface area contributed by atoms with Gasteiger partial charge in [-0.1, -0.05) is 0 Å². The zero-order valence-corrected chi connectivity index (χ0v) is 18.3. The van der Waals surface area contributed by atoms with E-state index >= 15 is 0 Å². The summed E-state index contributed by atoms with van der Waals surface area (Å²) < 4.78 is 8.35. The van der Waals surface area contributed by atoms with Gasteiger partial charge in [0.1, 0.15) is 5.69 Å². The van der Waals surface area contributed by atoms with Crippen LogP contribution in [0, 0.1) is 0 Å². The van der Waals surface area contributed by atoms with E-state index in [1.165, 1.54) is 11.3 Å². The van der Waals surface area contributed by atoms with Gasteiger partial charge < -0.3 is 10.1 Å². The fraction of sp³-hybridized carbons (Fsp3) is 0.421. The molecule has 3 aromatic rings. The first-order valence-electron chi connectivity index (χ1n) is 9.54. The molecule has 8 nitrogen and oxygen atoms in total. The van der Waals surface area contributed by atoms with E-state index in [1.807, 2.05) is 17.8 Å². The van der Waals surface area contributed by atoms with Crippen molar-refractivity contribution >= 4 is 38.9 Å². The van der Waals surface area contributed by atoms with Gasteiger partial charge in [0.25, 0.3) is 5.91 Å². The van der Waals surface area contributed by atoms with Crippen LogP contribution < -0.4 is 5.32 Å². The largest absolute Gasteiger partial charge is 0.379 e. The summed E-state index contributed by atoms with van der Waals surface area (Å²) >= 11 is 4.65. The molecular formula is C19H21BrN6O2S. The molecule has 0 aromatic carbocycles. The minimum atomic E-state index is -0.288. The average Bonchev–Trinajstić information content (AvgIpc) is 3.36. The van der Waals surface area contributed by atoms with E-state index in [0.717, 1.165) is 32.3 Å². The van der Waals surface area contributed by atoms with E-state index < -0.39 is 0 Å². The maximum Gasteiger partial charge on any atom is 0.275 e. The molecule has 1 aliphatic carbocycles. The van der Waals surface area contributed by atoms with Crippen molar-refractivity contribution in [3.8, 4) is 11.5 Å². The van der Waals surface area contributed by atoms with E-state index in [4.69, 9.17) is 9.84 Å². The Morgan fingerprint density at radius 2 is 2.07 bits per heavy atom. The summed E-state index contributed by atoms with van der Waals surface area (Å²) in [5, 5.41) is 9.37. The molecule has 0 bridgehead atoms. The molecule has 1 N–H and O–H groups in total. The molecule has 0 atom stereocenters. The zero-order chi connectivity index (χ0) is 20.2. The highest BCUT2D eigenvalue weighted by atomic mass is 79.9. The lowest BCUT2D eigenvalue weighted by Crippen LogP contribution is -2.24. The molecular weight excluding hydrogens is 456 g/mol. The topological polar surface area (TPSA) is 94.8 Å². The van der Waals surface area contributed by atoms with Crippen molar-refractivity contribution in [1.29, 1.82) is 0 Å². The maximum atomic E-state index is 12.6. The lowest BCUT2D eigenvalue weighted by atomic mass is 9.93. The number of hydrogen-bond acceptors (Lipinski definition) is 7. The monoisotopic (exact) mass is 476 g/mol. The number of nitrogens with one attached hydrogen (secondary N) is 1. The van der Waals surface area contributed by atoms with Crippen molar-refractivity contribution in [3.63, 3.8) is 0 Å². The van der Waals surface area contributed by atoms with Crippen LogP contribution in [0.25, 0.3) is 11.5 Å². The molecule has 0 unspecified atom stereocenters. The molecule has 1 aliphatic rings. The molecule has 0 aliphatic heterocycles. The van der Waals surface area contributed by atoms with E-state index in [2.05, 4.69) is 36.2 Å². The lowest BCUT2D eigenvalue weighted by Gasteiger charge is -2.28. The van der Waals surface area contributed by atoms with Crippen molar-refractivity contribution in [2.24, 2.45) is 0 Å². The molecule has 4 rings (SSSR count). The van der Waals surface area contributed by atoms with Crippen LogP contribution >= 0.6 is 27.3 Å². The number of anilines is 1. The number of carbonyl (C=O) groups is 1. The van der Waals surface area contributed by atoms with Crippen molar-refractivity contribution in [2.45, 2.75) is 44.8 Å². The SMILES string of the molecule is CCO[C@H]1CC[C@H](n2cc(NC(=O)c3csc(Br)n3)c(-c3ncccn3)n2)CC1. The van der Waals surface area contributed by atoms with Gasteiger partial charge in [0.2, 0.25) is 0 Å². The van der Waals surface area contributed by atoms with E-state index in [9.17, 15) is 4.79 Å².